The number of hydrogen-bond donors (Lipinski definition) is 4. The predicted molar refractivity (Wildman–Crippen MR) is 148 cm³/mol. The van der Waals surface area contributed by atoms with E-state index in [0.29, 0.717) is 36.8 Å². The van der Waals surface area contributed by atoms with Crippen LogP contribution in [0.1, 0.15) is 88.7 Å². The quantitative estimate of drug-likeness (QED) is 0.193. The van der Waals surface area contributed by atoms with Crippen LogP contribution < -0.4 is 10.6 Å². The molecule has 3 unspecified atom stereocenters. The zero-order valence-electron chi connectivity index (χ0n) is 23.9. The van der Waals surface area contributed by atoms with E-state index in [0.717, 1.165) is 19.3 Å². The van der Waals surface area contributed by atoms with E-state index in [1.165, 1.54) is 0 Å². The molecule has 0 saturated heterocycles. The summed E-state index contributed by atoms with van der Waals surface area (Å²) in [5.41, 5.74) is 0.0820. The molecule has 3 atom stereocenters. The third-order valence-electron chi connectivity index (χ3n) is 9.36. The van der Waals surface area contributed by atoms with Gasteiger partial charge in [0.2, 0.25) is 0 Å². The smallest absolute Gasteiger partial charge is 0.349 e. The van der Waals surface area contributed by atoms with Gasteiger partial charge in [-0.1, -0.05) is 39.0 Å². The van der Waals surface area contributed by atoms with E-state index in [1.807, 2.05) is 17.6 Å². The molecule has 4 N–H and O–H groups in total. The van der Waals surface area contributed by atoms with Crippen molar-refractivity contribution in [3.63, 3.8) is 0 Å². The number of nitrogens with one attached hydrogen (secondary N) is 2. The molecule has 0 radical (unpaired) electrons. The molecule has 5 rings (SSSR count). The molecule has 10 nitrogen and oxygen atoms in total. The standard InChI is InChI=1S/C27H36F4N2O8S2/c1-15(2)19-5-4-6-20(21(19)33-23(35)27(30,31)43(39,40)41)16(3)8-24-9-17-7-18(10-24)12-25(11-17,13-24)14-32-22(34)26(28,29)42(36,37)38/h4-6,15-18H,7-14H2,1-3H3,(H,32,34)(H,33,35)(H,36,37,38)(H,39,40,41). The molecule has 1 aromatic carbocycles. The van der Waals surface area contributed by atoms with Crippen LogP contribution in [0.3, 0.4) is 0 Å². The summed E-state index contributed by atoms with van der Waals surface area (Å²) in [5.74, 6) is -4.44. The van der Waals surface area contributed by atoms with Gasteiger partial charge in [-0.05, 0) is 90.6 Å². The topological polar surface area (TPSA) is 167 Å². The molecular formula is C27H36F4N2O8S2. The van der Waals surface area contributed by atoms with Crippen LogP contribution in [0.15, 0.2) is 18.2 Å². The fraction of sp³-hybridized carbons (Fsp3) is 0.704. The molecule has 0 aromatic heterocycles. The molecule has 0 aliphatic heterocycles. The Labute approximate surface area is 247 Å². The molecule has 4 bridgehead atoms. The second-order valence-electron chi connectivity index (χ2n) is 13.2. The van der Waals surface area contributed by atoms with E-state index < -0.39 is 48.0 Å². The van der Waals surface area contributed by atoms with Crippen LogP contribution in [0.4, 0.5) is 23.2 Å². The third-order valence-corrected chi connectivity index (χ3v) is 11.0. The van der Waals surface area contributed by atoms with Gasteiger partial charge in [-0.25, -0.2) is 0 Å². The maximum absolute atomic E-state index is 14.2. The minimum absolute atomic E-state index is 0.0254. The van der Waals surface area contributed by atoms with Gasteiger partial charge in [0.1, 0.15) is 0 Å². The van der Waals surface area contributed by atoms with Gasteiger partial charge in [0.25, 0.3) is 0 Å². The molecular weight excluding hydrogens is 620 g/mol. The molecule has 4 fully saturated rings. The van der Waals surface area contributed by atoms with E-state index in [4.69, 9.17) is 9.11 Å². The fourth-order valence-electron chi connectivity index (χ4n) is 8.27. The van der Waals surface area contributed by atoms with Gasteiger partial charge in [0.15, 0.2) is 0 Å². The first kappa shape index (κ1) is 33.6. The predicted octanol–water partition coefficient (Wildman–Crippen LogP) is 4.91. The molecule has 4 saturated carbocycles. The van der Waals surface area contributed by atoms with Gasteiger partial charge in [-0.3, -0.25) is 18.7 Å². The van der Waals surface area contributed by atoms with Crippen LogP contribution in [0, 0.1) is 22.7 Å². The number of amides is 2. The Hall–Kier alpha value is -2.30. The third kappa shape index (κ3) is 6.29. The van der Waals surface area contributed by atoms with Crippen molar-refractivity contribution in [1.29, 1.82) is 0 Å². The van der Waals surface area contributed by atoms with Gasteiger partial charge in [-0.15, -0.1) is 0 Å². The number of carbonyl (C=O) groups is 2. The van der Waals surface area contributed by atoms with E-state index in [-0.39, 0.29) is 41.3 Å². The van der Waals surface area contributed by atoms with Crippen molar-refractivity contribution in [2.75, 3.05) is 11.9 Å². The summed E-state index contributed by atoms with van der Waals surface area (Å²) >= 11 is 0. The normalized spacial score (nSPS) is 28.1. The van der Waals surface area contributed by atoms with Crippen molar-refractivity contribution in [3.05, 3.63) is 29.3 Å². The van der Waals surface area contributed by atoms with E-state index in [2.05, 4.69) is 0 Å². The highest BCUT2D eigenvalue weighted by Gasteiger charge is 2.59. The molecule has 16 heteroatoms. The van der Waals surface area contributed by atoms with Crippen molar-refractivity contribution in [2.24, 2.45) is 22.7 Å². The lowest BCUT2D eigenvalue weighted by Gasteiger charge is -2.63. The number of hydrogen-bond acceptors (Lipinski definition) is 6. The summed E-state index contributed by atoms with van der Waals surface area (Å²) in [6.45, 7) is 5.18. The number of para-hydroxylation sites is 1. The number of carbonyl (C=O) groups excluding carboxylic acids is 2. The Morgan fingerprint density at radius 1 is 0.884 bits per heavy atom. The minimum Gasteiger partial charge on any atom is -0.349 e. The largest absolute Gasteiger partial charge is 0.446 e. The zero-order valence-corrected chi connectivity index (χ0v) is 25.5. The SMILES string of the molecule is CC(C)c1cccc(C(C)CC23CC4CC(CC(CNC(=O)C(F)(F)S(=O)(=O)O)(C4)C2)C3)c1NC(=O)C(F)(F)S(=O)(=O)O. The van der Waals surface area contributed by atoms with Crippen LogP contribution in [-0.2, 0) is 29.8 Å². The van der Waals surface area contributed by atoms with Crippen LogP contribution in [0.5, 0.6) is 0 Å². The van der Waals surface area contributed by atoms with Gasteiger partial charge in [-0.2, -0.15) is 34.4 Å². The maximum Gasteiger partial charge on any atom is 0.446 e. The van der Waals surface area contributed by atoms with Gasteiger partial charge in [0, 0.05) is 12.2 Å². The highest BCUT2D eigenvalue weighted by atomic mass is 32.2. The van der Waals surface area contributed by atoms with Crippen LogP contribution in [0.2, 0.25) is 0 Å². The lowest BCUT2D eigenvalue weighted by atomic mass is 9.43. The minimum atomic E-state index is -6.03. The molecule has 2 amide bonds. The summed E-state index contributed by atoms with van der Waals surface area (Å²) in [5, 5.41) is -5.98. The average Bonchev–Trinajstić information content (AvgIpc) is 2.84. The van der Waals surface area contributed by atoms with Crippen molar-refractivity contribution in [1.82, 2.24) is 5.32 Å². The van der Waals surface area contributed by atoms with E-state index in [1.54, 1.807) is 32.0 Å². The molecule has 0 heterocycles. The monoisotopic (exact) mass is 656 g/mol. The van der Waals surface area contributed by atoms with Crippen LogP contribution >= 0.6 is 0 Å². The first-order valence-electron chi connectivity index (χ1n) is 13.9. The highest BCUT2D eigenvalue weighted by molar-refractivity contribution is 7.88. The molecule has 1 aromatic rings. The first-order chi connectivity index (χ1) is 19.5. The summed E-state index contributed by atoms with van der Waals surface area (Å²) in [6.07, 6.45) is 4.85. The number of alkyl halides is 4. The number of benzene rings is 1. The van der Waals surface area contributed by atoms with Gasteiger partial charge >= 0.3 is 42.6 Å². The molecule has 43 heavy (non-hydrogen) atoms. The van der Waals surface area contributed by atoms with Crippen molar-refractivity contribution in [3.8, 4) is 0 Å². The Morgan fingerprint density at radius 2 is 1.37 bits per heavy atom. The van der Waals surface area contributed by atoms with Crippen molar-refractivity contribution < 1.29 is 53.1 Å². The van der Waals surface area contributed by atoms with E-state index in [9.17, 15) is 44.0 Å². The second kappa shape index (κ2) is 10.9. The zero-order chi connectivity index (χ0) is 32.4. The second-order valence-corrected chi connectivity index (χ2v) is 16.1. The lowest BCUT2D eigenvalue weighted by Crippen LogP contribution is -2.57. The Kier molecular flexibility index (Phi) is 8.55. The van der Waals surface area contributed by atoms with E-state index >= 15 is 0 Å². The molecule has 4 aliphatic rings. The van der Waals surface area contributed by atoms with Crippen LogP contribution in [0.25, 0.3) is 0 Å². The first-order valence-corrected chi connectivity index (χ1v) is 16.8. The van der Waals surface area contributed by atoms with Crippen molar-refractivity contribution in [2.45, 2.75) is 88.1 Å². The summed E-state index contributed by atoms with van der Waals surface area (Å²) in [6, 6.07) is 4.96. The Bertz CT molecular complexity index is 1500. The molecule has 242 valence electrons. The number of rotatable bonds is 11. The van der Waals surface area contributed by atoms with Crippen molar-refractivity contribution >= 4 is 37.7 Å². The summed E-state index contributed by atoms with van der Waals surface area (Å²) in [4.78, 5) is 24.5. The molecule has 0 spiro atoms. The summed E-state index contributed by atoms with van der Waals surface area (Å²) < 4.78 is 118. The van der Waals surface area contributed by atoms with Gasteiger partial charge in [0.05, 0.1) is 0 Å². The summed E-state index contributed by atoms with van der Waals surface area (Å²) in [7, 11) is -12.0. The average molecular weight is 657 g/mol. The Morgan fingerprint density at radius 3 is 1.88 bits per heavy atom. The van der Waals surface area contributed by atoms with Gasteiger partial charge < -0.3 is 10.6 Å². The Balaban J connectivity index is 1.60. The fourth-order valence-corrected chi connectivity index (χ4v) is 8.86. The number of halogens is 4. The van der Waals surface area contributed by atoms with Crippen LogP contribution in [-0.4, -0.2) is 54.8 Å². The molecule has 4 aliphatic carbocycles. The highest BCUT2D eigenvalue weighted by Crippen LogP contribution is 2.67. The number of anilines is 1. The lowest BCUT2D eigenvalue weighted by molar-refractivity contribution is -0.141. The maximum atomic E-state index is 14.2.